The molecule has 0 spiro atoms. The number of hydrogen-bond donors (Lipinski definition) is 1. The van der Waals surface area contributed by atoms with Gasteiger partial charge in [0.25, 0.3) is 0 Å². The van der Waals surface area contributed by atoms with Crippen molar-refractivity contribution in [3.05, 3.63) is 47.7 Å². The molecule has 0 saturated heterocycles. The number of allylic oxidation sites excluding steroid dienone is 1. The number of aliphatic hydroxyl groups excluding tert-OH is 1. The van der Waals surface area contributed by atoms with Gasteiger partial charge >= 0.3 is 0 Å². The average molecular weight is 192 g/mol. The molecular weight excluding hydrogens is 176 g/mol. The molecule has 0 heterocycles. The lowest BCUT2D eigenvalue weighted by atomic mass is 10.1. The molecule has 0 saturated carbocycles. The first-order valence-electron chi connectivity index (χ1n) is 4.66. The number of ether oxygens (including phenoxy) is 1. The van der Waals surface area contributed by atoms with Crippen molar-refractivity contribution >= 4 is 0 Å². The predicted molar refractivity (Wildman–Crippen MR) is 56.8 cm³/mol. The zero-order valence-electron chi connectivity index (χ0n) is 8.49. The Kier molecular flexibility index (Phi) is 4.20. The second-order valence-electron chi connectivity index (χ2n) is 3.22. The molecule has 0 unspecified atom stereocenters. The minimum atomic E-state index is 0.102. The van der Waals surface area contributed by atoms with Gasteiger partial charge in [0.2, 0.25) is 0 Å². The molecule has 14 heavy (non-hydrogen) atoms. The monoisotopic (exact) mass is 192 g/mol. The summed E-state index contributed by atoms with van der Waals surface area (Å²) in [6, 6.07) is 7.92. The lowest BCUT2D eigenvalue weighted by molar-refractivity contribution is 0.279. The van der Waals surface area contributed by atoms with E-state index in [1.54, 1.807) is 7.11 Å². The van der Waals surface area contributed by atoms with Crippen LogP contribution in [0.1, 0.15) is 17.5 Å². The quantitative estimate of drug-likeness (QED) is 0.725. The molecule has 0 fully saturated rings. The van der Waals surface area contributed by atoms with Gasteiger partial charge in [0, 0.05) is 6.42 Å². The van der Waals surface area contributed by atoms with Crippen LogP contribution in [0, 0.1) is 0 Å². The smallest absolute Gasteiger partial charge is 0.0887 e. The predicted octanol–water partition coefficient (Wildman–Crippen LogP) is 2.27. The van der Waals surface area contributed by atoms with Crippen LogP contribution in [0.4, 0.5) is 0 Å². The van der Waals surface area contributed by atoms with E-state index in [9.17, 15) is 0 Å². The first kappa shape index (κ1) is 10.8. The van der Waals surface area contributed by atoms with Gasteiger partial charge in [-0.3, -0.25) is 0 Å². The number of hydrogen-bond acceptors (Lipinski definition) is 2. The highest BCUT2D eigenvalue weighted by molar-refractivity contribution is 5.22. The third-order valence-corrected chi connectivity index (χ3v) is 2.19. The zero-order valence-corrected chi connectivity index (χ0v) is 8.49. The summed E-state index contributed by atoms with van der Waals surface area (Å²) in [5.41, 5.74) is 2.18. The van der Waals surface area contributed by atoms with Crippen LogP contribution in [-0.4, -0.2) is 12.2 Å². The summed E-state index contributed by atoms with van der Waals surface area (Å²) in [5.74, 6) is 0.802. The van der Waals surface area contributed by atoms with Gasteiger partial charge in [-0.15, -0.1) is 0 Å². The highest BCUT2D eigenvalue weighted by atomic mass is 16.5. The fourth-order valence-electron chi connectivity index (χ4n) is 1.20. The van der Waals surface area contributed by atoms with E-state index in [4.69, 9.17) is 9.84 Å². The van der Waals surface area contributed by atoms with Crippen molar-refractivity contribution in [1.82, 2.24) is 0 Å². The highest BCUT2D eigenvalue weighted by Crippen LogP contribution is 2.09. The molecule has 1 aromatic rings. The first-order chi connectivity index (χ1) is 6.76. The molecule has 1 N–H and O–H groups in total. The van der Waals surface area contributed by atoms with E-state index in [-0.39, 0.29) is 6.61 Å². The Bertz CT molecular complexity index is 288. The second-order valence-corrected chi connectivity index (χ2v) is 3.22. The maximum atomic E-state index is 8.85. The first-order valence-corrected chi connectivity index (χ1v) is 4.66. The van der Waals surface area contributed by atoms with E-state index in [2.05, 4.69) is 6.58 Å². The van der Waals surface area contributed by atoms with Gasteiger partial charge in [-0.25, -0.2) is 0 Å². The van der Waals surface area contributed by atoms with Crippen LogP contribution in [0.15, 0.2) is 36.6 Å². The van der Waals surface area contributed by atoms with Crippen LogP contribution >= 0.6 is 0 Å². The molecule has 0 aliphatic rings. The van der Waals surface area contributed by atoms with Gasteiger partial charge in [0.15, 0.2) is 0 Å². The van der Waals surface area contributed by atoms with Crippen molar-refractivity contribution in [2.75, 3.05) is 7.11 Å². The summed E-state index contributed by atoms with van der Waals surface area (Å²) in [7, 11) is 1.64. The topological polar surface area (TPSA) is 29.5 Å². The number of aliphatic hydroxyl groups is 1. The van der Waals surface area contributed by atoms with Crippen LogP contribution in [0.2, 0.25) is 0 Å². The van der Waals surface area contributed by atoms with Crippen molar-refractivity contribution in [2.45, 2.75) is 19.4 Å². The van der Waals surface area contributed by atoms with Gasteiger partial charge in [-0.05, 0) is 17.5 Å². The van der Waals surface area contributed by atoms with Gasteiger partial charge in [0.1, 0.15) is 0 Å². The minimum absolute atomic E-state index is 0.102. The Hall–Kier alpha value is -1.28. The minimum Gasteiger partial charge on any atom is -0.502 e. The number of methoxy groups -OCH3 is 1. The fraction of sp³-hybridized carbons (Fsp3) is 0.333. The molecule has 2 heteroatoms. The van der Waals surface area contributed by atoms with Crippen molar-refractivity contribution in [3.63, 3.8) is 0 Å². The molecule has 0 amide bonds. The zero-order chi connectivity index (χ0) is 10.4. The van der Waals surface area contributed by atoms with Crippen molar-refractivity contribution < 1.29 is 9.84 Å². The third kappa shape index (κ3) is 3.23. The Morgan fingerprint density at radius 3 is 2.36 bits per heavy atom. The standard InChI is InChI=1S/C12H16O2/c1-10(14-2)3-4-11-5-7-12(9-13)8-6-11/h5-8,13H,1,3-4,9H2,2H3. The summed E-state index contributed by atoms with van der Waals surface area (Å²) in [6.45, 7) is 3.86. The molecular formula is C12H16O2. The summed E-state index contributed by atoms with van der Waals surface area (Å²) >= 11 is 0. The summed E-state index contributed by atoms with van der Waals surface area (Å²) in [6.07, 6.45) is 1.77. The molecule has 0 radical (unpaired) electrons. The van der Waals surface area contributed by atoms with E-state index in [0.717, 1.165) is 24.2 Å². The molecule has 76 valence electrons. The van der Waals surface area contributed by atoms with E-state index in [1.807, 2.05) is 24.3 Å². The molecule has 1 aromatic carbocycles. The third-order valence-electron chi connectivity index (χ3n) is 2.19. The van der Waals surface area contributed by atoms with Crippen LogP contribution in [-0.2, 0) is 17.8 Å². The summed E-state index contributed by atoms with van der Waals surface area (Å²) in [4.78, 5) is 0. The second kappa shape index (κ2) is 5.45. The molecule has 0 bridgehead atoms. The maximum Gasteiger partial charge on any atom is 0.0887 e. The van der Waals surface area contributed by atoms with Crippen LogP contribution in [0.5, 0.6) is 0 Å². The van der Waals surface area contributed by atoms with Gasteiger partial charge in [-0.2, -0.15) is 0 Å². The summed E-state index contributed by atoms with van der Waals surface area (Å²) in [5, 5.41) is 8.85. The molecule has 0 atom stereocenters. The van der Waals surface area contributed by atoms with Crippen LogP contribution in [0.3, 0.4) is 0 Å². The van der Waals surface area contributed by atoms with E-state index in [1.165, 1.54) is 5.56 Å². The molecule has 0 aliphatic heterocycles. The molecule has 0 aliphatic carbocycles. The number of aryl methyl sites for hydroxylation is 1. The van der Waals surface area contributed by atoms with Crippen molar-refractivity contribution in [1.29, 1.82) is 0 Å². The largest absolute Gasteiger partial charge is 0.502 e. The van der Waals surface area contributed by atoms with Gasteiger partial charge < -0.3 is 9.84 Å². The highest BCUT2D eigenvalue weighted by Gasteiger charge is 1.96. The Balaban J connectivity index is 2.47. The lowest BCUT2D eigenvalue weighted by Crippen LogP contribution is -1.91. The molecule has 2 nitrogen and oxygen atoms in total. The van der Waals surface area contributed by atoms with Gasteiger partial charge in [-0.1, -0.05) is 30.8 Å². The normalized spacial score (nSPS) is 9.86. The van der Waals surface area contributed by atoms with Gasteiger partial charge in [0.05, 0.1) is 19.5 Å². The Morgan fingerprint density at radius 2 is 1.86 bits per heavy atom. The van der Waals surface area contributed by atoms with Crippen molar-refractivity contribution in [2.24, 2.45) is 0 Å². The van der Waals surface area contributed by atoms with E-state index in [0.29, 0.717) is 0 Å². The maximum absolute atomic E-state index is 8.85. The SMILES string of the molecule is C=C(CCc1ccc(CO)cc1)OC. The Labute approximate surface area is 84.8 Å². The van der Waals surface area contributed by atoms with E-state index < -0.39 is 0 Å². The van der Waals surface area contributed by atoms with Crippen LogP contribution in [0.25, 0.3) is 0 Å². The number of rotatable bonds is 5. The van der Waals surface area contributed by atoms with E-state index >= 15 is 0 Å². The lowest BCUT2D eigenvalue weighted by Gasteiger charge is -2.04. The molecule has 1 rings (SSSR count). The number of benzene rings is 1. The Morgan fingerprint density at radius 1 is 1.29 bits per heavy atom. The average Bonchev–Trinajstić information content (AvgIpc) is 2.26. The fourth-order valence-corrected chi connectivity index (χ4v) is 1.20. The molecule has 0 aromatic heterocycles. The summed E-state index contributed by atoms with van der Waals surface area (Å²) < 4.78 is 4.98. The van der Waals surface area contributed by atoms with Crippen LogP contribution < -0.4 is 0 Å². The van der Waals surface area contributed by atoms with Crippen molar-refractivity contribution in [3.8, 4) is 0 Å².